The van der Waals surface area contributed by atoms with E-state index < -0.39 is 6.67 Å². The van der Waals surface area contributed by atoms with Gasteiger partial charge in [0, 0.05) is 30.8 Å². The number of amides is 2. The first-order valence-electron chi connectivity index (χ1n) is 11.0. The molecule has 0 radical (unpaired) electrons. The second kappa shape index (κ2) is 8.10. The maximum Gasteiger partial charge on any atom is 0.253 e. The summed E-state index contributed by atoms with van der Waals surface area (Å²) in [6.45, 7) is 8.42. The van der Waals surface area contributed by atoms with E-state index in [1.165, 1.54) is 12.8 Å². The van der Waals surface area contributed by atoms with E-state index in [4.69, 9.17) is 0 Å². The largest absolute Gasteiger partial charge is 0.348 e. The number of alkyl halides is 1. The van der Waals surface area contributed by atoms with E-state index in [0.717, 1.165) is 18.7 Å². The van der Waals surface area contributed by atoms with Crippen LogP contribution in [0.25, 0.3) is 0 Å². The number of benzene rings is 2. The van der Waals surface area contributed by atoms with Gasteiger partial charge in [-0.2, -0.15) is 0 Å². The summed E-state index contributed by atoms with van der Waals surface area (Å²) in [5.74, 6) is 0.405. The van der Waals surface area contributed by atoms with E-state index in [0.29, 0.717) is 29.2 Å². The zero-order valence-electron chi connectivity index (χ0n) is 18.6. The molecule has 2 amide bonds. The molecule has 1 saturated heterocycles. The van der Waals surface area contributed by atoms with Gasteiger partial charge in [0.15, 0.2) is 0 Å². The molecule has 31 heavy (non-hydrogen) atoms. The highest BCUT2D eigenvalue weighted by molar-refractivity contribution is 5.95. The van der Waals surface area contributed by atoms with Crippen LogP contribution in [0.4, 0.5) is 4.39 Å². The van der Waals surface area contributed by atoms with E-state index in [1.807, 2.05) is 29.2 Å². The number of nitrogens with one attached hydrogen (secondary N) is 1. The van der Waals surface area contributed by atoms with Gasteiger partial charge in [0.25, 0.3) is 11.8 Å². The van der Waals surface area contributed by atoms with Crippen molar-refractivity contribution in [3.05, 3.63) is 70.8 Å². The first-order chi connectivity index (χ1) is 14.7. The van der Waals surface area contributed by atoms with Gasteiger partial charge in [-0.15, -0.1) is 0 Å². The highest BCUT2D eigenvalue weighted by atomic mass is 19.1. The van der Waals surface area contributed by atoms with Crippen LogP contribution >= 0.6 is 0 Å². The van der Waals surface area contributed by atoms with Crippen molar-refractivity contribution in [2.24, 2.45) is 16.7 Å². The van der Waals surface area contributed by atoms with E-state index >= 15 is 0 Å². The minimum absolute atomic E-state index is 0.0900. The fourth-order valence-corrected chi connectivity index (χ4v) is 5.21. The Kier molecular flexibility index (Phi) is 5.63. The van der Waals surface area contributed by atoms with Gasteiger partial charge in [0.2, 0.25) is 0 Å². The van der Waals surface area contributed by atoms with Gasteiger partial charge in [-0.05, 0) is 65.0 Å². The third kappa shape index (κ3) is 3.98. The predicted molar refractivity (Wildman–Crippen MR) is 119 cm³/mol. The summed E-state index contributed by atoms with van der Waals surface area (Å²) in [5, 5.41) is 2.86. The Labute approximate surface area is 183 Å². The summed E-state index contributed by atoms with van der Waals surface area (Å²) >= 11 is 0. The van der Waals surface area contributed by atoms with Crippen LogP contribution in [0.15, 0.2) is 48.5 Å². The van der Waals surface area contributed by atoms with Crippen molar-refractivity contribution in [3.63, 3.8) is 0 Å². The Balaban J connectivity index is 1.37. The van der Waals surface area contributed by atoms with Gasteiger partial charge in [0.05, 0.1) is 0 Å². The number of carbonyl (C=O) groups excluding carboxylic acids is 2. The van der Waals surface area contributed by atoms with Crippen LogP contribution in [0.5, 0.6) is 0 Å². The van der Waals surface area contributed by atoms with Crippen molar-refractivity contribution >= 4 is 11.8 Å². The zero-order chi connectivity index (χ0) is 22.2. The van der Waals surface area contributed by atoms with Gasteiger partial charge in [-0.1, -0.05) is 45.0 Å². The third-order valence-electron chi connectivity index (χ3n) is 7.89. The van der Waals surface area contributed by atoms with Gasteiger partial charge < -0.3 is 10.2 Å². The molecule has 164 valence electrons. The van der Waals surface area contributed by atoms with Gasteiger partial charge >= 0.3 is 0 Å². The van der Waals surface area contributed by atoms with Crippen LogP contribution < -0.4 is 5.32 Å². The molecule has 2 aromatic rings. The molecule has 1 saturated carbocycles. The normalized spacial score (nSPS) is 24.1. The molecule has 5 heteroatoms. The van der Waals surface area contributed by atoms with E-state index in [2.05, 4.69) is 26.1 Å². The van der Waals surface area contributed by atoms with Crippen LogP contribution in [-0.4, -0.2) is 29.8 Å². The van der Waals surface area contributed by atoms with Crippen LogP contribution in [0.1, 0.15) is 65.5 Å². The van der Waals surface area contributed by atoms with Gasteiger partial charge in [-0.3, -0.25) is 9.59 Å². The van der Waals surface area contributed by atoms with E-state index in [1.54, 1.807) is 24.3 Å². The molecule has 0 spiro atoms. The molecule has 1 N–H and O–H groups in total. The number of fused-ring (bicyclic) bond motifs is 2. The SMILES string of the molecule is CC12CCC(CN(C(=O)c3ccc(CNC(=O)c4cccc(CF)c4)cc3)C1)C2(C)C. The summed E-state index contributed by atoms with van der Waals surface area (Å²) in [7, 11) is 0. The molecule has 0 aromatic heterocycles. The van der Waals surface area contributed by atoms with Crippen molar-refractivity contribution in [3.8, 4) is 0 Å². The Hall–Kier alpha value is -2.69. The van der Waals surface area contributed by atoms with Crippen molar-refractivity contribution < 1.29 is 14.0 Å². The minimum Gasteiger partial charge on any atom is -0.348 e. The van der Waals surface area contributed by atoms with Gasteiger partial charge in [-0.25, -0.2) is 4.39 Å². The Morgan fingerprint density at radius 1 is 1.06 bits per heavy atom. The molecule has 2 aliphatic rings. The van der Waals surface area contributed by atoms with Crippen LogP contribution in [0.3, 0.4) is 0 Å². The van der Waals surface area contributed by atoms with Crippen LogP contribution in [0, 0.1) is 16.7 Å². The number of likely N-dealkylation sites (tertiary alicyclic amines) is 1. The lowest BCUT2D eigenvalue weighted by atomic mass is 9.63. The van der Waals surface area contributed by atoms with Crippen molar-refractivity contribution in [2.45, 2.75) is 46.8 Å². The Bertz CT molecular complexity index is 985. The maximum atomic E-state index is 13.1. The highest BCUT2D eigenvalue weighted by Gasteiger charge is 2.56. The number of piperidine rings is 1. The highest BCUT2D eigenvalue weighted by Crippen LogP contribution is 2.59. The quantitative estimate of drug-likeness (QED) is 0.738. The number of hydrogen-bond acceptors (Lipinski definition) is 2. The van der Waals surface area contributed by atoms with Crippen LogP contribution in [0.2, 0.25) is 0 Å². The third-order valence-corrected chi connectivity index (χ3v) is 7.89. The molecule has 4 nitrogen and oxygen atoms in total. The molecule has 1 aliphatic heterocycles. The first kappa shape index (κ1) is 21.5. The summed E-state index contributed by atoms with van der Waals surface area (Å²) in [4.78, 5) is 27.5. The summed E-state index contributed by atoms with van der Waals surface area (Å²) < 4.78 is 12.8. The molecule has 2 bridgehead atoms. The summed E-state index contributed by atoms with van der Waals surface area (Å²) in [6.07, 6.45) is 2.38. The fraction of sp³-hybridized carbons (Fsp3) is 0.462. The molecule has 2 fully saturated rings. The minimum atomic E-state index is -0.592. The molecule has 2 aromatic carbocycles. The van der Waals surface area contributed by atoms with Gasteiger partial charge in [0.1, 0.15) is 6.67 Å². The molecular weight excluding hydrogens is 391 g/mol. The monoisotopic (exact) mass is 422 g/mol. The van der Waals surface area contributed by atoms with Crippen LogP contribution in [-0.2, 0) is 13.2 Å². The Morgan fingerprint density at radius 2 is 1.81 bits per heavy atom. The molecular formula is C26H31FN2O2. The first-order valence-corrected chi connectivity index (χ1v) is 11.0. The lowest BCUT2D eigenvalue weighted by Gasteiger charge is -2.50. The lowest BCUT2D eigenvalue weighted by molar-refractivity contribution is -0.0107. The van der Waals surface area contributed by atoms with E-state index in [9.17, 15) is 14.0 Å². The molecule has 1 aliphatic carbocycles. The summed E-state index contributed by atoms with van der Waals surface area (Å²) in [6, 6.07) is 14.0. The molecule has 1 heterocycles. The average Bonchev–Trinajstić information content (AvgIpc) is 2.91. The van der Waals surface area contributed by atoms with Crippen molar-refractivity contribution in [1.82, 2.24) is 10.2 Å². The number of hydrogen-bond donors (Lipinski definition) is 1. The van der Waals surface area contributed by atoms with E-state index in [-0.39, 0.29) is 22.6 Å². The van der Waals surface area contributed by atoms with Crippen molar-refractivity contribution in [1.29, 1.82) is 0 Å². The second-order valence-corrected chi connectivity index (χ2v) is 9.92. The average molecular weight is 423 g/mol. The lowest BCUT2D eigenvalue weighted by Crippen LogP contribution is -2.53. The smallest absolute Gasteiger partial charge is 0.253 e. The maximum absolute atomic E-state index is 13.1. The summed E-state index contributed by atoms with van der Waals surface area (Å²) in [5.41, 5.74) is 2.98. The number of halogens is 1. The Morgan fingerprint density at radius 3 is 2.48 bits per heavy atom. The number of nitrogens with zero attached hydrogens (tertiary/aromatic N) is 1. The zero-order valence-corrected chi connectivity index (χ0v) is 18.6. The second-order valence-electron chi connectivity index (χ2n) is 9.92. The standard InChI is InChI=1S/C26H31FN2O2/c1-25(2)22-11-12-26(25,3)17-29(16-22)24(31)20-9-7-18(8-10-20)15-28-23(30)21-6-4-5-19(13-21)14-27/h4-10,13,22H,11-12,14-17H2,1-3H3,(H,28,30). The van der Waals surface area contributed by atoms with Crippen molar-refractivity contribution in [2.75, 3.05) is 13.1 Å². The fourth-order valence-electron chi connectivity index (χ4n) is 5.21. The number of carbonyl (C=O) groups is 2. The molecule has 4 rings (SSSR count). The molecule has 2 atom stereocenters. The molecule has 2 unspecified atom stereocenters. The topological polar surface area (TPSA) is 49.4 Å². The number of rotatable bonds is 5. The predicted octanol–water partition coefficient (Wildman–Crippen LogP) is 4.98.